The predicted octanol–water partition coefficient (Wildman–Crippen LogP) is 3.56. The second-order valence-corrected chi connectivity index (χ2v) is 8.83. The van der Waals surface area contributed by atoms with Crippen LogP contribution in [0.2, 0.25) is 0 Å². The molecule has 184 valence electrons. The molecule has 1 aliphatic carbocycles. The summed E-state index contributed by atoms with van der Waals surface area (Å²) in [6.07, 6.45) is 1.94. The lowest BCUT2D eigenvalue weighted by molar-refractivity contribution is -0.0497. The molecule has 1 saturated carbocycles. The van der Waals surface area contributed by atoms with Gasteiger partial charge in [0.2, 0.25) is 0 Å². The van der Waals surface area contributed by atoms with E-state index in [0.29, 0.717) is 19.5 Å². The molecule has 8 nitrogen and oxygen atoms in total. The molecular weight excluding hydrogens is 448 g/mol. The van der Waals surface area contributed by atoms with Crippen molar-refractivity contribution in [3.63, 3.8) is 0 Å². The van der Waals surface area contributed by atoms with Gasteiger partial charge in [-0.05, 0) is 53.8 Å². The Bertz CT molecular complexity index is 1030. The first-order valence-electron chi connectivity index (χ1n) is 11.4. The van der Waals surface area contributed by atoms with Gasteiger partial charge in [-0.2, -0.15) is 8.78 Å². The van der Waals surface area contributed by atoms with Crippen LogP contribution in [-0.2, 0) is 11.3 Å². The van der Waals surface area contributed by atoms with Crippen LogP contribution < -0.4 is 10.1 Å². The average Bonchev–Trinajstić information content (AvgIpc) is 3.66. The predicted molar refractivity (Wildman–Crippen MR) is 121 cm³/mol. The van der Waals surface area contributed by atoms with Gasteiger partial charge in [-0.1, -0.05) is 18.2 Å². The van der Waals surface area contributed by atoms with Crippen LogP contribution in [0.5, 0.6) is 5.75 Å². The summed E-state index contributed by atoms with van der Waals surface area (Å²) >= 11 is 0. The molecule has 0 spiro atoms. The molecule has 2 atom stereocenters. The molecule has 10 heteroatoms. The van der Waals surface area contributed by atoms with Gasteiger partial charge in [0.15, 0.2) is 0 Å². The standard InChI is InChI=1S/C24H29F2N3O5/c1-33-24(32)28-12-16(14-30)9-20(13-28)29(19-5-6-19)23(31)27-11-15-2-3-17-4-7-21(34-22(25)26)10-18(17)8-15/h2-4,7-8,10,16,19-20,22,30H,5-6,9,11-14H2,1H3,(H,27,31). The highest BCUT2D eigenvalue weighted by Gasteiger charge is 2.42. The van der Waals surface area contributed by atoms with Gasteiger partial charge < -0.3 is 29.7 Å². The van der Waals surface area contributed by atoms with Crippen molar-refractivity contribution in [3.8, 4) is 5.75 Å². The Kier molecular flexibility index (Phi) is 7.35. The Hall–Kier alpha value is -3.14. The Morgan fingerprint density at radius 1 is 1.15 bits per heavy atom. The zero-order chi connectivity index (χ0) is 24.2. The SMILES string of the molecule is COC(=O)N1CC(CO)CC(N(C(=O)NCc2ccc3ccc(OC(F)F)cc3c2)C2CC2)C1. The number of aliphatic hydroxyl groups excluding tert-OH is 1. The highest BCUT2D eigenvalue weighted by molar-refractivity contribution is 5.84. The minimum absolute atomic E-state index is 0.0710. The number of fused-ring (bicyclic) bond motifs is 1. The van der Waals surface area contributed by atoms with Crippen molar-refractivity contribution in [2.45, 2.75) is 44.5 Å². The lowest BCUT2D eigenvalue weighted by atomic mass is 9.94. The van der Waals surface area contributed by atoms with Crippen LogP contribution in [0.15, 0.2) is 36.4 Å². The fourth-order valence-corrected chi connectivity index (χ4v) is 4.60. The molecular formula is C24H29F2N3O5. The molecule has 2 N–H and O–H groups in total. The quantitative estimate of drug-likeness (QED) is 0.636. The van der Waals surface area contributed by atoms with E-state index >= 15 is 0 Å². The van der Waals surface area contributed by atoms with E-state index in [2.05, 4.69) is 10.1 Å². The minimum Gasteiger partial charge on any atom is -0.453 e. The van der Waals surface area contributed by atoms with Crippen LogP contribution in [0.25, 0.3) is 10.8 Å². The number of hydrogen-bond acceptors (Lipinski definition) is 5. The number of alkyl halides is 2. The second-order valence-electron chi connectivity index (χ2n) is 8.83. The van der Waals surface area contributed by atoms with Crippen LogP contribution >= 0.6 is 0 Å². The number of aliphatic hydroxyl groups is 1. The topological polar surface area (TPSA) is 91.3 Å². The average molecular weight is 478 g/mol. The number of benzene rings is 2. The van der Waals surface area contributed by atoms with Crippen LogP contribution in [0, 0.1) is 5.92 Å². The van der Waals surface area contributed by atoms with Crippen molar-refractivity contribution in [1.29, 1.82) is 0 Å². The minimum atomic E-state index is -2.89. The van der Waals surface area contributed by atoms with Crippen LogP contribution in [0.1, 0.15) is 24.8 Å². The van der Waals surface area contributed by atoms with Gasteiger partial charge in [0.25, 0.3) is 0 Å². The first-order chi connectivity index (χ1) is 16.4. The molecule has 34 heavy (non-hydrogen) atoms. The largest absolute Gasteiger partial charge is 0.453 e. The number of nitrogens with zero attached hydrogens (tertiary/aromatic N) is 2. The van der Waals surface area contributed by atoms with Crippen molar-refractivity contribution < 1.29 is 33.0 Å². The second kappa shape index (κ2) is 10.4. The van der Waals surface area contributed by atoms with Crippen molar-refractivity contribution in [2.24, 2.45) is 5.92 Å². The number of piperidine rings is 1. The molecule has 3 amide bonds. The molecule has 2 aliphatic rings. The number of ether oxygens (including phenoxy) is 2. The van der Waals surface area contributed by atoms with Gasteiger partial charge >= 0.3 is 18.7 Å². The van der Waals surface area contributed by atoms with E-state index < -0.39 is 12.7 Å². The monoisotopic (exact) mass is 477 g/mol. The van der Waals surface area contributed by atoms with Crippen molar-refractivity contribution in [2.75, 3.05) is 26.8 Å². The van der Waals surface area contributed by atoms with Crippen LogP contribution in [0.4, 0.5) is 18.4 Å². The Morgan fingerprint density at radius 3 is 2.59 bits per heavy atom. The Balaban J connectivity index is 1.45. The third-order valence-corrected chi connectivity index (χ3v) is 6.32. The molecule has 1 heterocycles. The number of likely N-dealkylation sites (tertiary alicyclic amines) is 1. The number of rotatable bonds is 7. The molecule has 2 unspecified atom stereocenters. The van der Waals surface area contributed by atoms with E-state index in [0.717, 1.165) is 29.2 Å². The van der Waals surface area contributed by atoms with E-state index in [4.69, 9.17) is 4.74 Å². The highest BCUT2D eigenvalue weighted by Crippen LogP contribution is 2.33. The summed E-state index contributed by atoms with van der Waals surface area (Å²) in [5.74, 6) is -0.0495. The van der Waals surface area contributed by atoms with Gasteiger partial charge in [-0.15, -0.1) is 0 Å². The molecule has 1 saturated heterocycles. The van der Waals surface area contributed by atoms with E-state index in [1.807, 2.05) is 18.2 Å². The molecule has 0 radical (unpaired) electrons. The van der Waals surface area contributed by atoms with Crippen molar-refractivity contribution in [1.82, 2.24) is 15.1 Å². The van der Waals surface area contributed by atoms with E-state index in [1.165, 1.54) is 13.2 Å². The zero-order valence-corrected chi connectivity index (χ0v) is 19.0. The van der Waals surface area contributed by atoms with Gasteiger partial charge in [-0.3, -0.25) is 0 Å². The van der Waals surface area contributed by atoms with Gasteiger partial charge in [0.05, 0.1) is 13.2 Å². The van der Waals surface area contributed by atoms with Crippen molar-refractivity contribution in [3.05, 3.63) is 42.0 Å². The number of carbonyl (C=O) groups is 2. The first kappa shape index (κ1) is 24.0. The maximum atomic E-state index is 13.2. The normalized spacial score (nSPS) is 20.3. The highest BCUT2D eigenvalue weighted by atomic mass is 19.3. The fourth-order valence-electron chi connectivity index (χ4n) is 4.60. The summed E-state index contributed by atoms with van der Waals surface area (Å²) in [7, 11) is 1.32. The number of carbonyl (C=O) groups excluding carboxylic acids is 2. The number of urea groups is 1. The third kappa shape index (κ3) is 5.67. The van der Waals surface area contributed by atoms with Gasteiger partial charge in [-0.25, -0.2) is 9.59 Å². The van der Waals surface area contributed by atoms with Gasteiger partial charge in [0.1, 0.15) is 5.75 Å². The smallest absolute Gasteiger partial charge is 0.409 e. The summed E-state index contributed by atoms with van der Waals surface area (Å²) in [4.78, 5) is 28.6. The molecule has 2 aromatic carbocycles. The fraction of sp³-hybridized carbons (Fsp3) is 0.500. The lowest BCUT2D eigenvalue weighted by Gasteiger charge is -2.41. The maximum Gasteiger partial charge on any atom is 0.409 e. The summed E-state index contributed by atoms with van der Waals surface area (Å²) in [5, 5.41) is 14.3. The van der Waals surface area contributed by atoms with E-state index in [9.17, 15) is 23.5 Å². The van der Waals surface area contributed by atoms with Crippen LogP contribution in [0.3, 0.4) is 0 Å². The third-order valence-electron chi connectivity index (χ3n) is 6.32. The summed E-state index contributed by atoms with van der Waals surface area (Å²) in [6, 6.07) is 9.96. The number of amides is 3. The number of halogens is 2. The van der Waals surface area contributed by atoms with Gasteiger partial charge in [0, 0.05) is 38.2 Å². The summed E-state index contributed by atoms with van der Waals surface area (Å²) < 4.78 is 34.4. The van der Waals surface area contributed by atoms with Crippen LogP contribution in [-0.4, -0.2) is 72.5 Å². The Labute approximate surface area is 196 Å². The molecule has 0 aromatic heterocycles. The summed E-state index contributed by atoms with van der Waals surface area (Å²) in [5.41, 5.74) is 0.818. The number of methoxy groups -OCH3 is 1. The first-order valence-corrected chi connectivity index (χ1v) is 11.4. The van der Waals surface area contributed by atoms with E-state index in [-0.39, 0.29) is 42.9 Å². The maximum absolute atomic E-state index is 13.2. The molecule has 2 fully saturated rings. The zero-order valence-electron chi connectivity index (χ0n) is 19.0. The van der Waals surface area contributed by atoms with E-state index in [1.54, 1.807) is 21.9 Å². The summed E-state index contributed by atoms with van der Waals surface area (Å²) in [6.45, 7) is -1.95. The Morgan fingerprint density at radius 2 is 1.91 bits per heavy atom. The number of nitrogens with one attached hydrogen (secondary N) is 1. The molecule has 1 aliphatic heterocycles. The lowest BCUT2D eigenvalue weighted by Crippen LogP contribution is -2.57. The van der Waals surface area contributed by atoms with Crippen molar-refractivity contribution >= 4 is 22.9 Å². The molecule has 0 bridgehead atoms. The number of hydrogen-bond donors (Lipinski definition) is 2. The molecule has 2 aromatic rings. The molecule has 4 rings (SSSR count).